The second kappa shape index (κ2) is 36.8. The van der Waals surface area contributed by atoms with E-state index in [1.165, 1.54) is 52.3 Å². The molecule has 0 radical (unpaired) electrons. The number of alkyl carbamates (subject to hydrolysis) is 2. The molecule has 0 unspecified atom stereocenters. The van der Waals surface area contributed by atoms with Gasteiger partial charge >= 0.3 is 12.2 Å². The van der Waals surface area contributed by atoms with Crippen molar-refractivity contribution in [3.8, 4) is 23.0 Å². The SMILES string of the molecule is COc1ccc(NC(C)=O)cc1C(=O)NNC(=O)[C@H](CCCCNC(=O)CCCOc1ccc2cc(CCCN)c(OCCCC(=O)NCCCC[C@H](NC(=O)OC(C)(C)C)C(=O)NNC(=O)c3cc(NC(C)=O)ccc3OC)cc2c1)NC(=O)OC(C)(C)C. The summed E-state index contributed by atoms with van der Waals surface area (Å²) in [5.74, 6) is -2.37. The monoisotopic (exact) mass is 1260 g/mol. The summed E-state index contributed by atoms with van der Waals surface area (Å²) in [7, 11) is 2.73. The van der Waals surface area contributed by atoms with Gasteiger partial charge in [0.25, 0.3) is 23.6 Å². The van der Waals surface area contributed by atoms with E-state index in [0.717, 1.165) is 22.8 Å². The minimum atomic E-state index is -1.12. The van der Waals surface area contributed by atoms with Crippen LogP contribution in [0, 0.1) is 0 Å². The summed E-state index contributed by atoms with van der Waals surface area (Å²) >= 11 is 0. The molecule has 0 heterocycles. The van der Waals surface area contributed by atoms with Gasteiger partial charge in [0.2, 0.25) is 23.6 Å². The van der Waals surface area contributed by atoms with E-state index in [1.807, 2.05) is 30.3 Å². The van der Waals surface area contributed by atoms with E-state index in [1.54, 1.807) is 53.7 Å². The number of ether oxygens (including phenoxy) is 6. The zero-order valence-electron chi connectivity index (χ0n) is 53.1. The highest BCUT2D eigenvalue weighted by Gasteiger charge is 2.27. The van der Waals surface area contributed by atoms with Gasteiger partial charge in [-0.15, -0.1) is 0 Å². The van der Waals surface area contributed by atoms with Gasteiger partial charge in [0.15, 0.2) is 0 Å². The molecule has 4 aromatic rings. The van der Waals surface area contributed by atoms with Crippen molar-refractivity contribution in [1.29, 1.82) is 0 Å². The Labute approximate surface area is 524 Å². The summed E-state index contributed by atoms with van der Waals surface area (Å²) < 4.78 is 33.6. The number of hydrogen-bond donors (Lipinski definition) is 11. The number of aryl methyl sites for hydroxylation is 1. The summed E-state index contributed by atoms with van der Waals surface area (Å²) in [5, 5.41) is 17.9. The molecule has 12 N–H and O–H groups in total. The van der Waals surface area contributed by atoms with E-state index in [-0.39, 0.29) is 85.2 Å². The molecule has 0 spiro atoms. The van der Waals surface area contributed by atoms with Gasteiger partial charge in [0.1, 0.15) is 46.3 Å². The van der Waals surface area contributed by atoms with Gasteiger partial charge in [0, 0.05) is 51.2 Å². The fourth-order valence-corrected chi connectivity index (χ4v) is 8.75. The predicted molar refractivity (Wildman–Crippen MR) is 337 cm³/mol. The van der Waals surface area contributed by atoms with Gasteiger partial charge in [-0.1, -0.05) is 6.07 Å². The van der Waals surface area contributed by atoms with E-state index in [9.17, 15) is 47.9 Å². The van der Waals surface area contributed by atoms with Gasteiger partial charge < -0.3 is 66.1 Å². The molecule has 0 aliphatic rings. The second-order valence-corrected chi connectivity index (χ2v) is 22.9. The van der Waals surface area contributed by atoms with E-state index < -0.39 is 59.1 Å². The van der Waals surface area contributed by atoms with Crippen LogP contribution in [0.5, 0.6) is 23.0 Å². The first-order valence-electron chi connectivity index (χ1n) is 29.8. The molecule has 0 aromatic heterocycles. The molecular weight excluding hydrogens is 1170 g/mol. The lowest BCUT2D eigenvalue weighted by atomic mass is 10.0. The number of carbonyl (C=O) groups is 10. The average Bonchev–Trinajstić information content (AvgIpc) is 1.82. The summed E-state index contributed by atoms with van der Waals surface area (Å²) in [6, 6.07) is 16.3. The summed E-state index contributed by atoms with van der Waals surface area (Å²) in [5.41, 5.74) is 15.2. The van der Waals surface area contributed by atoms with E-state index in [2.05, 4.69) is 53.6 Å². The van der Waals surface area contributed by atoms with Crippen molar-refractivity contribution >= 4 is 81.6 Å². The lowest BCUT2D eigenvalue weighted by Crippen LogP contribution is -2.53. The number of hydrazine groups is 2. The van der Waals surface area contributed by atoms with Crippen molar-refractivity contribution in [2.24, 2.45) is 5.73 Å². The molecule has 90 heavy (non-hydrogen) atoms. The maximum absolute atomic E-state index is 13.3. The molecule has 0 saturated carbocycles. The third kappa shape index (κ3) is 27.3. The number of anilines is 2. The van der Waals surface area contributed by atoms with Crippen LogP contribution in [0.15, 0.2) is 66.7 Å². The van der Waals surface area contributed by atoms with Crippen molar-refractivity contribution in [3.05, 3.63) is 83.4 Å². The number of nitrogens with two attached hydrogens (primary N) is 1. The quantitative estimate of drug-likeness (QED) is 0.0185. The number of carbonyl (C=O) groups excluding carboxylic acids is 10. The number of nitrogens with one attached hydrogen (secondary N) is 10. The van der Waals surface area contributed by atoms with E-state index in [0.29, 0.717) is 87.5 Å². The molecule has 0 saturated heterocycles. The van der Waals surface area contributed by atoms with E-state index >= 15 is 0 Å². The number of unbranched alkanes of at least 4 members (excludes halogenated alkanes) is 2. The lowest BCUT2D eigenvalue weighted by molar-refractivity contribution is -0.124. The van der Waals surface area contributed by atoms with Crippen LogP contribution < -0.4 is 78.3 Å². The van der Waals surface area contributed by atoms with Crippen LogP contribution in [0.3, 0.4) is 0 Å². The van der Waals surface area contributed by atoms with Crippen LogP contribution in [0.2, 0.25) is 0 Å². The minimum Gasteiger partial charge on any atom is -0.496 e. The molecule has 27 heteroatoms. The standard InChI is InChI=1S/C63H89N11O16/c1-39(75)67-44-24-27-51(85-9)47(37-44)56(79)71-73-58(81)49(69-60(83)89-62(3,4)5)19-11-13-30-65-54(77)21-16-32-87-46-26-23-41-34-42(18-15-29-64)53(36-43(41)35-46)88-33-17-22-55(78)66-31-14-12-20-50(70-61(84)90-63(6,7)8)59(82)74-72-57(80)48-38-45(68-40(2)76)25-28-52(48)86-10/h23-28,34-38,49-50H,11-22,29-33,64H2,1-10H3,(H,65,77)(H,66,78)(H,67,75)(H,68,76)(H,69,83)(H,70,84)(H,71,79)(H,72,80)(H,73,81)(H,74,82)/t49-,50-/m0/s1. The maximum atomic E-state index is 13.3. The molecule has 27 nitrogen and oxygen atoms in total. The molecular formula is C63H89N11O16. The molecule has 0 aliphatic heterocycles. The van der Waals surface area contributed by atoms with E-state index in [4.69, 9.17) is 34.2 Å². The number of rotatable bonds is 33. The fourth-order valence-electron chi connectivity index (χ4n) is 8.75. The maximum Gasteiger partial charge on any atom is 0.408 e. The van der Waals surface area contributed by atoms with Gasteiger partial charge in [-0.05, 0) is 189 Å². The molecule has 4 aromatic carbocycles. The van der Waals surface area contributed by atoms with Gasteiger partial charge in [0.05, 0.1) is 38.6 Å². The Morgan fingerprint density at radius 3 is 1.40 bits per heavy atom. The number of hydrogen-bond acceptors (Lipinski definition) is 17. The first-order chi connectivity index (χ1) is 42.7. The Balaban J connectivity index is 1.21. The normalized spacial score (nSPS) is 11.7. The zero-order valence-corrected chi connectivity index (χ0v) is 53.1. The summed E-state index contributed by atoms with van der Waals surface area (Å²) in [6.07, 6.45) is 2.97. The Kier molecular flexibility index (Phi) is 29.9. The molecule has 0 bridgehead atoms. The van der Waals surface area contributed by atoms with Crippen molar-refractivity contribution < 1.29 is 76.4 Å². The first kappa shape index (κ1) is 73.1. The molecule has 10 amide bonds. The third-order valence-corrected chi connectivity index (χ3v) is 12.9. The number of methoxy groups -OCH3 is 2. The van der Waals surface area contributed by atoms with Crippen molar-refractivity contribution in [1.82, 2.24) is 43.0 Å². The topological polar surface area (TPSA) is 372 Å². The lowest BCUT2D eigenvalue weighted by Gasteiger charge is -2.23. The highest BCUT2D eigenvalue weighted by molar-refractivity contribution is 6.01. The Morgan fingerprint density at radius 2 is 0.967 bits per heavy atom. The van der Waals surface area contributed by atoms with Crippen LogP contribution >= 0.6 is 0 Å². The molecule has 0 fully saturated rings. The number of benzene rings is 4. The van der Waals surface area contributed by atoms with Gasteiger partial charge in [-0.2, -0.15) is 0 Å². The summed E-state index contributed by atoms with van der Waals surface area (Å²) in [6.45, 7) is 14.3. The van der Waals surface area contributed by atoms with Crippen molar-refractivity contribution in [3.63, 3.8) is 0 Å². The highest BCUT2D eigenvalue weighted by atomic mass is 16.6. The van der Waals surface area contributed by atoms with Crippen LogP contribution in [-0.2, 0) is 44.7 Å². The molecule has 0 aliphatic carbocycles. The zero-order chi connectivity index (χ0) is 66.4. The summed E-state index contributed by atoms with van der Waals surface area (Å²) in [4.78, 5) is 127. The fraction of sp³-hybridized carbons (Fsp3) is 0.492. The highest BCUT2D eigenvalue weighted by Crippen LogP contribution is 2.31. The van der Waals surface area contributed by atoms with Crippen molar-refractivity contribution in [2.45, 2.75) is 156 Å². The molecule has 4 rings (SSSR count). The van der Waals surface area contributed by atoms with Gasteiger partial charge in [-0.25, -0.2) is 9.59 Å². The van der Waals surface area contributed by atoms with Crippen LogP contribution in [0.4, 0.5) is 21.0 Å². The third-order valence-electron chi connectivity index (χ3n) is 12.9. The average molecular weight is 1260 g/mol. The predicted octanol–water partition coefficient (Wildman–Crippen LogP) is 6.27. The Bertz CT molecular complexity index is 3130. The number of fused-ring (bicyclic) bond motifs is 1. The smallest absolute Gasteiger partial charge is 0.408 e. The largest absolute Gasteiger partial charge is 0.496 e. The number of amides is 10. The van der Waals surface area contributed by atoms with Crippen LogP contribution in [-0.4, -0.2) is 130 Å². The van der Waals surface area contributed by atoms with Crippen LogP contribution in [0.1, 0.15) is 152 Å². The first-order valence-corrected chi connectivity index (χ1v) is 29.8. The minimum absolute atomic E-state index is 0.0316. The van der Waals surface area contributed by atoms with Crippen LogP contribution in [0.25, 0.3) is 10.8 Å². The molecule has 492 valence electrons. The van der Waals surface area contributed by atoms with Crippen molar-refractivity contribution in [2.75, 3.05) is 57.7 Å². The molecule has 2 atom stereocenters. The Hall–Kier alpha value is -9.40. The Morgan fingerprint density at radius 1 is 0.500 bits per heavy atom. The second-order valence-electron chi connectivity index (χ2n) is 22.9. The van der Waals surface area contributed by atoms with Gasteiger partial charge in [-0.3, -0.25) is 60.1 Å².